The Hall–Kier alpha value is -2.95. The first-order valence-corrected chi connectivity index (χ1v) is 9.98. The summed E-state index contributed by atoms with van der Waals surface area (Å²) in [7, 11) is 0. The largest absolute Gasteiger partial charge is 0.481 e. The molecule has 5 nitrogen and oxygen atoms in total. The Kier molecular flexibility index (Phi) is 5.51. The predicted molar refractivity (Wildman–Crippen MR) is 110 cm³/mol. The van der Waals surface area contributed by atoms with Gasteiger partial charge in [0.15, 0.2) is 6.10 Å². The van der Waals surface area contributed by atoms with Gasteiger partial charge in [0.1, 0.15) is 5.75 Å². The highest BCUT2D eigenvalue weighted by atomic mass is 16.5. The third-order valence-electron chi connectivity index (χ3n) is 5.18. The molecule has 28 heavy (non-hydrogen) atoms. The number of ether oxygens (including phenoxy) is 1. The zero-order valence-corrected chi connectivity index (χ0v) is 16.2. The number of carbonyl (C=O) groups excluding carboxylic acids is 1. The summed E-state index contributed by atoms with van der Waals surface area (Å²) in [5, 5.41) is 0. The minimum Gasteiger partial charge on any atom is -0.481 e. The molecular weight excluding hydrogens is 350 g/mol. The molecule has 0 saturated carbocycles. The van der Waals surface area contributed by atoms with E-state index in [2.05, 4.69) is 9.97 Å². The fraction of sp³-hybridized carbons (Fsp3) is 0.348. The van der Waals surface area contributed by atoms with Crippen molar-refractivity contribution in [3.8, 4) is 17.0 Å². The summed E-state index contributed by atoms with van der Waals surface area (Å²) in [6.45, 7) is 3.51. The van der Waals surface area contributed by atoms with E-state index in [1.165, 1.54) is 12.8 Å². The first-order chi connectivity index (χ1) is 13.7. The van der Waals surface area contributed by atoms with Gasteiger partial charge in [0.2, 0.25) is 0 Å². The Bertz CT molecular complexity index is 947. The van der Waals surface area contributed by atoms with Crippen LogP contribution in [0.15, 0.2) is 54.7 Å². The second kappa shape index (κ2) is 8.38. The van der Waals surface area contributed by atoms with Crippen LogP contribution in [-0.2, 0) is 4.79 Å². The van der Waals surface area contributed by atoms with E-state index in [1.807, 2.05) is 60.4 Å². The lowest BCUT2D eigenvalue weighted by atomic mass is 10.1. The smallest absolute Gasteiger partial charge is 0.263 e. The Morgan fingerprint density at radius 2 is 1.64 bits per heavy atom. The SMILES string of the molecule is C[C@@H](Oc1ccc(-c2cnc3ccccc3n2)cc1)C(=O)N1CCCCCC1. The highest BCUT2D eigenvalue weighted by molar-refractivity contribution is 5.81. The fourth-order valence-corrected chi connectivity index (χ4v) is 3.60. The third kappa shape index (κ3) is 4.14. The zero-order valence-electron chi connectivity index (χ0n) is 16.2. The molecule has 1 atom stereocenters. The van der Waals surface area contributed by atoms with Crippen molar-refractivity contribution in [1.29, 1.82) is 0 Å². The Labute approximate surface area is 165 Å². The summed E-state index contributed by atoms with van der Waals surface area (Å²) in [4.78, 5) is 23.7. The van der Waals surface area contributed by atoms with Crippen molar-refractivity contribution < 1.29 is 9.53 Å². The van der Waals surface area contributed by atoms with Crippen LogP contribution in [0.5, 0.6) is 5.75 Å². The Morgan fingerprint density at radius 1 is 0.964 bits per heavy atom. The van der Waals surface area contributed by atoms with Crippen LogP contribution >= 0.6 is 0 Å². The molecule has 0 unspecified atom stereocenters. The van der Waals surface area contributed by atoms with Crippen molar-refractivity contribution in [1.82, 2.24) is 14.9 Å². The number of likely N-dealkylation sites (tertiary alicyclic amines) is 1. The van der Waals surface area contributed by atoms with Crippen molar-refractivity contribution in [2.24, 2.45) is 0 Å². The normalized spacial score (nSPS) is 15.8. The topological polar surface area (TPSA) is 55.3 Å². The van der Waals surface area contributed by atoms with Gasteiger partial charge >= 0.3 is 0 Å². The van der Waals surface area contributed by atoms with Gasteiger partial charge < -0.3 is 9.64 Å². The average molecular weight is 375 g/mol. The molecule has 0 radical (unpaired) electrons. The summed E-state index contributed by atoms with van der Waals surface area (Å²) in [6.07, 6.45) is 5.88. The van der Waals surface area contributed by atoms with E-state index in [0.717, 1.165) is 48.2 Å². The number of aromatic nitrogens is 2. The van der Waals surface area contributed by atoms with Gasteiger partial charge in [-0.05, 0) is 56.2 Å². The van der Waals surface area contributed by atoms with Crippen LogP contribution in [0.3, 0.4) is 0 Å². The Morgan fingerprint density at radius 3 is 2.36 bits per heavy atom. The molecule has 3 aromatic rings. The molecule has 1 saturated heterocycles. The number of fused-ring (bicyclic) bond motifs is 1. The number of rotatable bonds is 4. The number of carbonyl (C=O) groups is 1. The molecule has 1 aliphatic heterocycles. The van der Waals surface area contributed by atoms with E-state index in [-0.39, 0.29) is 5.91 Å². The van der Waals surface area contributed by atoms with Gasteiger partial charge in [-0.1, -0.05) is 25.0 Å². The van der Waals surface area contributed by atoms with Gasteiger partial charge in [-0.3, -0.25) is 9.78 Å². The molecule has 0 N–H and O–H groups in total. The average Bonchev–Trinajstić information content (AvgIpc) is 3.03. The van der Waals surface area contributed by atoms with Crippen LogP contribution in [-0.4, -0.2) is 40.0 Å². The summed E-state index contributed by atoms with van der Waals surface area (Å²) in [5.41, 5.74) is 3.54. The standard InChI is InChI=1S/C23H25N3O2/c1-17(23(27)26-14-6-2-3-7-15-26)28-19-12-10-18(11-13-19)22-16-24-20-8-4-5-9-21(20)25-22/h4-5,8-13,16-17H,2-3,6-7,14-15H2,1H3/t17-/m1/s1. The minimum absolute atomic E-state index is 0.0753. The van der Waals surface area contributed by atoms with Crippen molar-refractivity contribution in [3.05, 3.63) is 54.7 Å². The lowest BCUT2D eigenvalue weighted by Crippen LogP contribution is -2.40. The first kappa shape index (κ1) is 18.4. The summed E-state index contributed by atoms with van der Waals surface area (Å²) >= 11 is 0. The number of para-hydroxylation sites is 2. The molecule has 4 rings (SSSR count). The molecule has 1 fully saturated rings. The van der Waals surface area contributed by atoms with E-state index in [1.54, 1.807) is 6.20 Å². The molecule has 2 heterocycles. The monoisotopic (exact) mass is 375 g/mol. The molecule has 1 aliphatic rings. The van der Waals surface area contributed by atoms with Gasteiger partial charge in [0.05, 0.1) is 22.9 Å². The molecule has 0 bridgehead atoms. The molecule has 5 heteroatoms. The summed E-state index contributed by atoms with van der Waals surface area (Å²) < 4.78 is 5.90. The van der Waals surface area contributed by atoms with E-state index in [9.17, 15) is 4.79 Å². The van der Waals surface area contributed by atoms with Crippen LogP contribution in [0.2, 0.25) is 0 Å². The van der Waals surface area contributed by atoms with Crippen molar-refractivity contribution in [2.45, 2.75) is 38.7 Å². The van der Waals surface area contributed by atoms with Crippen LogP contribution in [0.1, 0.15) is 32.6 Å². The van der Waals surface area contributed by atoms with E-state index >= 15 is 0 Å². The fourth-order valence-electron chi connectivity index (χ4n) is 3.60. The Balaban J connectivity index is 1.44. The quantitative estimate of drug-likeness (QED) is 0.675. The summed E-state index contributed by atoms with van der Waals surface area (Å²) in [6, 6.07) is 15.5. The molecule has 1 aromatic heterocycles. The first-order valence-electron chi connectivity index (χ1n) is 9.98. The van der Waals surface area contributed by atoms with Crippen LogP contribution in [0.4, 0.5) is 0 Å². The molecule has 0 spiro atoms. The number of benzene rings is 2. The van der Waals surface area contributed by atoms with E-state index in [4.69, 9.17) is 4.74 Å². The van der Waals surface area contributed by atoms with Gasteiger partial charge in [-0.15, -0.1) is 0 Å². The number of hydrogen-bond donors (Lipinski definition) is 0. The lowest BCUT2D eigenvalue weighted by molar-refractivity contribution is -0.137. The second-order valence-electron chi connectivity index (χ2n) is 7.27. The molecule has 1 amide bonds. The molecule has 2 aromatic carbocycles. The maximum atomic E-state index is 12.7. The van der Waals surface area contributed by atoms with Crippen LogP contribution in [0, 0.1) is 0 Å². The van der Waals surface area contributed by atoms with Crippen molar-refractivity contribution in [3.63, 3.8) is 0 Å². The zero-order chi connectivity index (χ0) is 19.3. The predicted octanol–water partition coefficient (Wildman–Crippen LogP) is 4.47. The highest BCUT2D eigenvalue weighted by Gasteiger charge is 2.22. The van der Waals surface area contributed by atoms with Crippen LogP contribution in [0.25, 0.3) is 22.3 Å². The lowest BCUT2D eigenvalue weighted by Gasteiger charge is -2.24. The van der Waals surface area contributed by atoms with E-state index < -0.39 is 6.10 Å². The van der Waals surface area contributed by atoms with Gasteiger partial charge in [-0.25, -0.2) is 4.98 Å². The molecule has 0 aliphatic carbocycles. The number of nitrogens with zero attached hydrogens (tertiary/aromatic N) is 3. The number of amides is 1. The summed E-state index contributed by atoms with van der Waals surface area (Å²) in [5.74, 6) is 0.763. The second-order valence-corrected chi connectivity index (χ2v) is 7.27. The maximum Gasteiger partial charge on any atom is 0.263 e. The van der Waals surface area contributed by atoms with Crippen molar-refractivity contribution in [2.75, 3.05) is 13.1 Å². The minimum atomic E-state index is -0.482. The molecule has 144 valence electrons. The van der Waals surface area contributed by atoms with Gasteiger partial charge in [0.25, 0.3) is 5.91 Å². The third-order valence-corrected chi connectivity index (χ3v) is 5.18. The van der Waals surface area contributed by atoms with Crippen LogP contribution < -0.4 is 4.74 Å². The van der Waals surface area contributed by atoms with Gasteiger partial charge in [-0.2, -0.15) is 0 Å². The maximum absolute atomic E-state index is 12.7. The highest BCUT2D eigenvalue weighted by Crippen LogP contribution is 2.23. The van der Waals surface area contributed by atoms with Gasteiger partial charge in [0, 0.05) is 18.7 Å². The number of hydrogen-bond acceptors (Lipinski definition) is 4. The molecular formula is C23H25N3O2. The van der Waals surface area contributed by atoms with E-state index in [0.29, 0.717) is 5.75 Å². The van der Waals surface area contributed by atoms with Crippen molar-refractivity contribution >= 4 is 16.9 Å².